The molecule has 19 heavy (non-hydrogen) atoms. The first-order chi connectivity index (χ1) is 9.20. The van der Waals surface area contributed by atoms with E-state index in [9.17, 15) is 0 Å². The lowest BCUT2D eigenvalue weighted by atomic mass is 10.1. The van der Waals surface area contributed by atoms with Gasteiger partial charge in [0.15, 0.2) is 0 Å². The fraction of sp³-hybridized carbons (Fsp3) is 0.600. The van der Waals surface area contributed by atoms with Crippen molar-refractivity contribution in [2.24, 2.45) is 0 Å². The number of likely N-dealkylation sites (N-methyl/N-ethyl adjacent to an activating group) is 1. The first kappa shape index (κ1) is 15.0. The van der Waals surface area contributed by atoms with E-state index in [4.69, 9.17) is 4.74 Å². The Balaban J connectivity index is 1.77. The molecule has 1 aliphatic carbocycles. The molecule has 0 bridgehead atoms. The van der Waals surface area contributed by atoms with Crippen molar-refractivity contribution in [2.45, 2.75) is 18.9 Å². The topological polar surface area (TPSA) is 24.5 Å². The summed E-state index contributed by atoms with van der Waals surface area (Å²) in [6, 6.07) is 7.17. The Labute approximate surface area is 124 Å². The molecule has 0 amide bonds. The lowest BCUT2D eigenvalue weighted by Crippen LogP contribution is -2.32. The number of nitrogens with one attached hydrogen (secondary N) is 1. The van der Waals surface area contributed by atoms with Gasteiger partial charge in [0.1, 0.15) is 0 Å². The molecule has 0 heterocycles. The van der Waals surface area contributed by atoms with Gasteiger partial charge >= 0.3 is 0 Å². The molecule has 106 valence electrons. The van der Waals surface area contributed by atoms with Gasteiger partial charge in [-0.15, -0.1) is 0 Å². The summed E-state index contributed by atoms with van der Waals surface area (Å²) in [6.45, 7) is 3.88. The van der Waals surface area contributed by atoms with E-state index in [1.54, 1.807) is 7.11 Å². The molecule has 0 spiro atoms. The highest BCUT2D eigenvalue weighted by molar-refractivity contribution is 9.10. The van der Waals surface area contributed by atoms with Crippen LogP contribution in [0.4, 0.5) is 0 Å². The summed E-state index contributed by atoms with van der Waals surface area (Å²) in [6.07, 6.45) is 2.40. The number of benzene rings is 1. The van der Waals surface area contributed by atoms with Crippen LogP contribution in [-0.4, -0.2) is 45.3 Å². The largest absolute Gasteiger partial charge is 0.383 e. The number of nitrogens with zero attached hydrogens (tertiary/aromatic N) is 1. The van der Waals surface area contributed by atoms with Crippen molar-refractivity contribution in [3.8, 4) is 0 Å². The number of hydrogen-bond acceptors (Lipinski definition) is 3. The monoisotopic (exact) mass is 326 g/mol. The second-order valence-corrected chi connectivity index (χ2v) is 6.10. The molecule has 1 aliphatic rings. The summed E-state index contributed by atoms with van der Waals surface area (Å²) >= 11 is 3.54. The van der Waals surface area contributed by atoms with Gasteiger partial charge in [0.25, 0.3) is 0 Å². The molecule has 0 aromatic heterocycles. The van der Waals surface area contributed by atoms with Gasteiger partial charge in [0.05, 0.1) is 6.61 Å². The minimum Gasteiger partial charge on any atom is -0.383 e. The number of fused-ring (bicyclic) bond motifs is 1. The molecule has 1 aromatic rings. The third-order valence-corrected chi connectivity index (χ3v) is 4.24. The van der Waals surface area contributed by atoms with Crippen molar-refractivity contribution in [1.29, 1.82) is 0 Å². The maximum Gasteiger partial charge on any atom is 0.0589 e. The highest BCUT2D eigenvalue weighted by Crippen LogP contribution is 2.32. The van der Waals surface area contributed by atoms with Crippen molar-refractivity contribution in [3.05, 3.63) is 33.8 Å². The normalized spacial score (nSPS) is 18.0. The molecule has 0 radical (unpaired) electrons. The zero-order valence-electron chi connectivity index (χ0n) is 11.8. The fourth-order valence-electron chi connectivity index (χ4n) is 2.59. The number of methoxy groups -OCH3 is 1. The van der Waals surface area contributed by atoms with Gasteiger partial charge in [-0.2, -0.15) is 0 Å². The summed E-state index contributed by atoms with van der Waals surface area (Å²) in [5.74, 6) is 0. The van der Waals surface area contributed by atoms with Crippen LogP contribution in [0.15, 0.2) is 22.7 Å². The minimum atomic E-state index is 0.527. The van der Waals surface area contributed by atoms with E-state index in [1.165, 1.54) is 28.4 Å². The summed E-state index contributed by atoms with van der Waals surface area (Å²) in [5, 5.41) is 3.67. The van der Waals surface area contributed by atoms with E-state index < -0.39 is 0 Å². The van der Waals surface area contributed by atoms with Crippen LogP contribution in [0.3, 0.4) is 0 Å². The third kappa shape index (κ3) is 4.28. The van der Waals surface area contributed by atoms with E-state index >= 15 is 0 Å². The average molecular weight is 327 g/mol. The van der Waals surface area contributed by atoms with Crippen LogP contribution < -0.4 is 5.32 Å². The molecule has 0 saturated carbocycles. The number of rotatable bonds is 7. The van der Waals surface area contributed by atoms with Gasteiger partial charge in [0.2, 0.25) is 0 Å². The Hall–Kier alpha value is -0.420. The summed E-state index contributed by atoms with van der Waals surface area (Å²) in [7, 11) is 3.89. The van der Waals surface area contributed by atoms with E-state index in [0.29, 0.717) is 6.04 Å². The molecule has 3 nitrogen and oxygen atoms in total. The standard InChI is InChI=1S/C15H23BrN2O/c1-18(9-10-19-2)8-7-17-15-6-3-12-11-13(16)4-5-14(12)15/h4-5,11,15,17H,3,6-10H2,1-2H3. The third-order valence-electron chi connectivity index (χ3n) is 3.74. The maximum absolute atomic E-state index is 5.08. The summed E-state index contributed by atoms with van der Waals surface area (Å²) in [4.78, 5) is 2.30. The number of aryl methyl sites for hydroxylation is 1. The van der Waals surface area contributed by atoms with E-state index in [2.05, 4.69) is 51.4 Å². The van der Waals surface area contributed by atoms with Gasteiger partial charge < -0.3 is 15.0 Å². The second-order valence-electron chi connectivity index (χ2n) is 5.18. The maximum atomic E-state index is 5.08. The molecule has 2 rings (SSSR count). The highest BCUT2D eigenvalue weighted by Gasteiger charge is 2.21. The Morgan fingerprint density at radius 2 is 2.26 bits per heavy atom. The molecule has 0 fully saturated rings. The zero-order chi connectivity index (χ0) is 13.7. The molecule has 0 saturated heterocycles. The fourth-order valence-corrected chi connectivity index (χ4v) is 3.00. The van der Waals surface area contributed by atoms with E-state index in [-0.39, 0.29) is 0 Å². The Morgan fingerprint density at radius 1 is 1.42 bits per heavy atom. The second kappa shape index (κ2) is 7.39. The summed E-state index contributed by atoms with van der Waals surface area (Å²) in [5.41, 5.74) is 2.96. The predicted molar refractivity (Wildman–Crippen MR) is 82.6 cm³/mol. The van der Waals surface area contributed by atoms with Crippen molar-refractivity contribution < 1.29 is 4.74 Å². The van der Waals surface area contributed by atoms with E-state index in [0.717, 1.165) is 26.2 Å². The van der Waals surface area contributed by atoms with Crippen molar-refractivity contribution in [2.75, 3.05) is 40.4 Å². The first-order valence-corrected chi connectivity index (χ1v) is 7.69. The zero-order valence-corrected chi connectivity index (χ0v) is 13.4. The lowest BCUT2D eigenvalue weighted by Gasteiger charge is -2.19. The Kier molecular flexibility index (Phi) is 5.82. The van der Waals surface area contributed by atoms with Crippen LogP contribution in [0.5, 0.6) is 0 Å². The molecule has 1 unspecified atom stereocenters. The molecule has 4 heteroatoms. The predicted octanol–water partition coefficient (Wildman–Crippen LogP) is 2.60. The quantitative estimate of drug-likeness (QED) is 0.833. The highest BCUT2D eigenvalue weighted by atomic mass is 79.9. The van der Waals surface area contributed by atoms with E-state index in [1.807, 2.05) is 0 Å². The molecule has 0 aliphatic heterocycles. The molecule has 1 aromatic carbocycles. The van der Waals surface area contributed by atoms with Gasteiger partial charge in [-0.3, -0.25) is 0 Å². The average Bonchev–Trinajstić information content (AvgIpc) is 2.79. The number of halogens is 1. The van der Waals surface area contributed by atoms with Gasteiger partial charge in [-0.1, -0.05) is 22.0 Å². The van der Waals surface area contributed by atoms with Crippen molar-refractivity contribution >= 4 is 15.9 Å². The molecular formula is C15H23BrN2O. The van der Waals surface area contributed by atoms with Crippen molar-refractivity contribution in [3.63, 3.8) is 0 Å². The van der Waals surface area contributed by atoms with Crippen LogP contribution in [0.2, 0.25) is 0 Å². The van der Waals surface area contributed by atoms with Gasteiger partial charge in [-0.05, 0) is 43.1 Å². The number of ether oxygens (including phenoxy) is 1. The SMILES string of the molecule is COCCN(C)CCNC1CCc2cc(Br)ccc21. The number of hydrogen-bond donors (Lipinski definition) is 1. The van der Waals surface area contributed by atoms with Crippen LogP contribution in [0.1, 0.15) is 23.6 Å². The Morgan fingerprint density at radius 3 is 3.05 bits per heavy atom. The first-order valence-electron chi connectivity index (χ1n) is 6.90. The van der Waals surface area contributed by atoms with Crippen LogP contribution in [0.25, 0.3) is 0 Å². The van der Waals surface area contributed by atoms with Crippen LogP contribution >= 0.6 is 15.9 Å². The molecular weight excluding hydrogens is 304 g/mol. The van der Waals surface area contributed by atoms with Gasteiger partial charge in [-0.25, -0.2) is 0 Å². The lowest BCUT2D eigenvalue weighted by molar-refractivity contribution is 0.161. The van der Waals surface area contributed by atoms with Gasteiger partial charge in [0, 0.05) is 37.3 Å². The minimum absolute atomic E-state index is 0.527. The van der Waals surface area contributed by atoms with Crippen LogP contribution in [0, 0.1) is 0 Å². The summed E-state index contributed by atoms with van der Waals surface area (Å²) < 4.78 is 6.27. The smallest absolute Gasteiger partial charge is 0.0589 e. The van der Waals surface area contributed by atoms with Crippen molar-refractivity contribution in [1.82, 2.24) is 10.2 Å². The molecule has 1 atom stereocenters. The van der Waals surface area contributed by atoms with Crippen LogP contribution in [-0.2, 0) is 11.2 Å². The Bertz CT molecular complexity index is 411. The molecule has 1 N–H and O–H groups in total.